The lowest BCUT2D eigenvalue weighted by molar-refractivity contribution is -0.0716. The fourth-order valence-corrected chi connectivity index (χ4v) is 1.75. The Hall–Kier alpha value is -0.430. The Morgan fingerprint density at radius 1 is 1.50 bits per heavy atom. The van der Waals surface area contributed by atoms with Gasteiger partial charge in [-0.3, -0.25) is 0 Å². The molecule has 18 heavy (non-hydrogen) atoms. The third kappa shape index (κ3) is 4.05. The fourth-order valence-electron chi connectivity index (χ4n) is 1.38. The second-order valence-electron chi connectivity index (χ2n) is 3.51. The Bertz CT molecular complexity index is 393. The molecule has 1 aromatic carbocycles. The first kappa shape index (κ1) is 17.6. The molecular formula is C11H15BrClF2NO2. The van der Waals surface area contributed by atoms with Crippen molar-refractivity contribution in [3.05, 3.63) is 28.2 Å². The van der Waals surface area contributed by atoms with Crippen molar-refractivity contribution in [1.29, 1.82) is 0 Å². The molecule has 1 atom stereocenters. The number of aliphatic hydroxyl groups is 1. The number of alkyl halides is 2. The van der Waals surface area contributed by atoms with Gasteiger partial charge in [-0.2, -0.15) is 0 Å². The van der Waals surface area contributed by atoms with Crippen molar-refractivity contribution in [3.8, 4) is 5.75 Å². The maximum absolute atomic E-state index is 13.3. The van der Waals surface area contributed by atoms with Crippen LogP contribution in [0.25, 0.3) is 0 Å². The highest BCUT2D eigenvalue weighted by molar-refractivity contribution is 9.10. The van der Waals surface area contributed by atoms with E-state index in [2.05, 4.69) is 15.9 Å². The van der Waals surface area contributed by atoms with Crippen molar-refractivity contribution in [2.24, 2.45) is 5.73 Å². The van der Waals surface area contributed by atoms with Crippen LogP contribution < -0.4 is 10.5 Å². The Morgan fingerprint density at radius 2 is 2.11 bits per heavy atom. The zero-order valence-corrected chi connectivity index (χ0v) is 12.1. The van der Waals surface area contributed by atoms with E-state index in [1.54, 1.807) is 19.1 Å². The highest BCUT2D eigenvalue weighted by atomic mass is 79.9. The average Bonchev–Trinajstić information content (AvgIpc) is 2.30. The summed E-state index contributed by atoms with van der Waals surface area (Å²) in [6, 6.07) is 3.11. The summed E-state index contributed by atoms with van der Waals surface area (Å²) in [6.07, 6.45) is 0. The van der Waals surface area contributed by atoms with Gasteiger partial charge in [0, 0.05) is 10.0 Å². The minimum atomic E-state index is -3.38. The van der Waals surface area contributed by atoms with Gasteiger partial charge in [0.15, 0.2) is 0 Å². The van der Waals surface area contributed by atoms with Gasteiger partial charge < -0.3 is 15.6 Å². The SMILES string of the molecule is CCOc1ccc(Br)cc1[C@@H](N)C(F)(F)CO.Cl. The van der Waals surface area contributed by atoms with E-state index in [9.17, 15) is 8.78 Å². The van der Waals surface area contributed by atoms with E-state index >= 15 is 0 Å². The zero-order chi connectivity index (χ0) is 13.1. The third-order valence-corrected chi connectivity index (χ3v) is 2.77. The maximum Gasteiger partial charge on any atom is 0.289 e. The molecule has 0 aliphatic carbocycles. The number of benzene rings is 1. The van der Waals surface area contributed by atoms with E-state index < -0.39 is 18.6 Å². The predicted octanol–water partition coefficient (Wildman–Crippen LogP) is 2.90. The van der Waals surface area contributed by atoms with E-state index in [1.165, 1.54) is 6.07 Å². The van der Waals surface area contributed by atoms with Gasteiger partial charge in [0.2, 0.25) is 0 Å². The minimum absolute atomic E-state index is 0. The normalized spacial score (nSPS) is 12.8. The van der Waals surface area contributed by atoms with Crippen LogP contribution in [0.3, 0.4) is 0 Å². The molecule has 0 aromatic heterocycles. The summed E-state index contributed by atoms with van der Waals surface area (Å²) >= 11 is 3.19. The number of ether oxygens (including phenoxy) is 1. The number of aliphatic hydroxyl groups excluding tert-OH is 1. The molecule has 0 amide bonds. The molecule has 0 heterocycles. The molecule has 3 nitrogen and oxygen atoms in total. The van der Waals surface area contributed by atoms with Gasteiger partial charge in [-0.15, -0.1) is 12.4 Å². The second kappa shape index (κ2) is 7.23. The predicted molar refractivity (Wildman–Crippen MR) is 71.5 cm³/mol. The molecule has 1 aromatic rings. The molecule has 7 heteroatoms. The fraction of sp³-hybridized carbons (Fsp3) is 0.455. The van der Waals surface area contributed by atoms with Crippen molar-refractivity contribution in [1.82, 2.24) is 0 Å². The first-order chi connectivity index (χ1) is 7.92. The van der Waals surface area contributed by atoms with Gasteiger partial charge >= 0.3 is 0 Å². The van der Waals surface area contributed by atoms with Crippen LogP contribution in [0.15, 0.2) is 22.7 Å². The standard InChI is InChI=1S/C11H14BrF2NO2.ClH/c1-2-17-9-4-3-7(12)5-8(9)10(15)11(13,14)6-16;/h3-5,10,16H,2,6,15H2,1H3;1H/t10-;/m1./s1. The minimum Gasteiger partial charge on any atom is -0.494 e. The van der Waals surface area contributed by atoms with Gasteiger partial charge in [0.25, 0.3) is 5.92 Å². The average molecular weight is 347 g/mol. The van der Waals surface area contributed by atoms with E-state index in [4.69, 9.17) is 15.6 Å². The molecule has 0 aliphatic heterocycles. The summed E-state index contributed by atoms with van der Waals surface area (Å²) in [5, 5.41) is 8.63. The van der Waals surface area contributed by atoms with Gasteiger partial charge in [-0.05, 0) is 25.1 Å². The highest BCUT2D eigenvalue weighted by Crippen LogP contribution is 2.35. The molecule has 0 saturated carbocycles. The van der Waals surface area contributed by atoms with Crippen molar-refractivity contribution < 1.29 is 18.6 Å². The van der Waals surface area contributed by atoms with Gasteiger partial charge in [0.1, 0.15) is 18.4 Å². The lowest BCUT2D eigenvalue weighted by atomic mass is 10.0. The first-order valence-electron chi connectivity index (χ1n) is 5.09. The van der Waals surface area contributed by atoms with Crippen molar-refractivity contribution in [3.63, 3.8) is 0 Å². The summed E-state index contributed by atoms with van der Waals surface area (Å²) < 4.78 is 32.5. The van der Waals surface area contributed by atoms with Crippen LogP contribution in [0.1, 0.15) is 18.5 Å². The van der Waals surface area contributed by atoms with Crippen LogP contribution in [-0.4, -0.2) is 24.2 Å². The number of hydrogen-bond donors (Lipinski definition) is 2. The van der Waals surface area contributed by atoms with Crippen LogP contribution in [0.2, 0.25) is 0 Å². The van der Waals surface area contributed by atoms with Crippen LogP contribution in [0.5, 0.6) is 5.75 Å². The number of halogens is 4. The molecule has 104 valence electrons. The molecule has 0 saturated heterocycles. The molecule has 0 bridgehead atoms. The molecule has 0 fully saturated rings. The Labute approximate surface area is 119 Å². The smallest absolute Gasteiger partial charge is 0.289 e. The second-order valence-corrected chi connectivity index (χ2v) is 4.43. The van der Waals surface area contributed by atoms with Crippen LogP contribution in [0, 0.1) is 0 Å². The van der Waals surface area contributed by atoms with Gasteiger partial charge in [-0.1, -0.05) is 15.9 Å². The summed E-state index contributed by atoms with van der Waals surface area (Å²) in [4.78, 5) is 0. The molecule has 0 unspecified atom stereocenters. The number of nitrogens with two attached hydrogens (primary N) is 1. The first-order valence-corrected chi connectivity index (χ1v) is 5.88. The maximum atomic E-state index is 13.3. The van der Waals surface area contributed by atoms with E-state index in [-0.39, 0.29) is 18.0 Å². The van der Waals surface area contributed by atoms with Gasteiger partial charge in [-0.25, -0.2) is 8.78 Å². The summed E-state index contributed by atoms with van der Waals surface area (Å²) in [5.74, 6) is -3.08. The summed E-state index contributed by atoms with van der Waals surface area (Å²) in [5.41, 5.74) is 5.64. The lowest BCUT2D eigenvalue weighted by Gasteiger charge is -2.23. The summed E-state index contributed by atoms with van der Waals surface area (Å²) in [6.45, 7) is 0.805. The van der Waals surface area contributed by atoms with Crippen molar-refractivity contribution in [2.75, 3.05) is 13.2 Å². The van der Waals surface area contributed by atoms with Crippen LogP contribution in [-0.2, 0) is 0 Å². The zero-order valence-electron chi connectivity index (χ0n) is 9.70. The summed E-state index contributed by atoms with van der Waals surface area (Å²) in [7, 11) is 0. The van der Waals surface area contributed by atoms with E-state index in [0.717, 1.165) is 0 Å². The number of hydrogen-bond acceptors (Lipinski definition) is 3. The molecule has 0 radical (unpaired) electrons. The monoisotopic (exact) mass is 345 g/mol. The van der Waals surface area contributed by atoms with Gasteiger partial charge in [0.05, 0.1) is 6.61 Å². The quantitative estimate of drug-likeness (QED) is 0.862. The Kier molecular flexibility index (Phi) is 7.06. The Morgan fingerprint density at radius 3 is 2.61 bits per heavy atom. The highest BCUT2D eigenvalue weighted by Gasteiger charge is 2.38. The third-order valence-electron chi connectivity index (χ3n) is 2.27. The molecular weight excluding hydrogens is 331 g/mol. The molecule has 3 N–H and O–H groups in total. The van der Waals surface area contributed by atoms with Crippen LogP contribution in [0.4, 0.5) is 8.78 Å². The molecule has 0 aliphatic rings. The van der Waals surface area contributed by atoms with E-state index in [1.807, 2.05) is 0 Å². The Balaban J connectivity index is 0.00000289. The topological polar surface area (TPSA) is 55.5 Å². The molecule has 0 spiro atoms. The van der Waals surface area contributed by atoms with E-state index in [0.29, 0.717) is 16.8 Å². The largest absolute Gasteiger partial charge is 0.494 e. The van der Waals surface area contributed by atoms with Crippen molar-refractivity contribution >= 4 is 28.3 Å². The van der Waals surface area contributed by atoms with Crippen molar-refractivity contribution in [2.45, 2.75) is 18.9 Å². The number of rotatable bonds is 5. The molecule has 1 rings (SSSR count). The van der Waals surface area contributed by atoms with Crippen LogP contribution >= 0.6 is 28.3 Å². The lowest BCUT2D eigenvalue weighted by Crippen LogP contribution is -2.36.